The molecule has 15 heavy (non-hydrogen) atoms. The first kappa shape index (κ1) is 11.8. The van der Waals surface area contributed by atoms with Crippen LogP contribution in [0.2, 0.25) is 0 Å². The zero-order valence-corrected chi connectivity index (χ0v) is 9.16. The second kappa shape index (κ2) is 6.24. The number of carbonyl (C=O) groups excluding carboxylic acids is 1. The molecule has 84 valence electrons. The van der Waals surface area contributed by atoms with Crippen molar-refractivity contribution in [2.75, 3.05) is 6.61 Å². The molecule has 1 rings (SSSR count). The van der Waals surface area contributed by atoms with Crippen molar-refractivity contribution in [3.8, 4) is 0 Å². The van der Waals surface area contributed by atoms with Gasteiger partial charge in [0.25, 0.3) is 0 Å². The fourth-order valence-electron chi connectivity index (χ4n) is 1.01. The lowest BCUT2D eigenvalue weighted by molar-refractivity contribution is -0.136. The summed E-state index contributed by atoms with van der Waals surface area (Å²) in [5.74, 6) is 0.803. The molecular formula is C11H17NO3. The van der Waals surface area contributed by atoms with Crippen molar-refractivity contribution in [1.82, 2.24) is 5.48 Å². The quantitative estimate of drug-likeness (QED) is 0.577. The monoisotopic (exact) mass is 211 g/mol. The van der Waals surface area contributed by atoms with Crippen molar-refractivity contribution < 1.29 is 14.0 Å². The number of hydroxylamine groups is 1. The van der Waals surface area contributed by atoms with E-state index < -0.39 is 0 Å². The first-order valence-electron chi connectivity index (χ1n) is 5.14. The van der Waals surface area contributed by atoms with Crippen molar-refractivity contribution in [1.29, 1.82) is 0 Å². The summed E-state index contributed by atoms with van der Waals surface area (Å²) in [6, 6.07) is 3.78. The Balaban J connectivity index is 2.00. The highest BCUT2D eigenvalue weighted by Crippen LogP contribution is 2.03. The summed E-state index contributed by atoms with van der Waals surface area (Å²) in [5, 5.41) is 0. The van der Waals surface area contributed by atoms with E-state index >= 15 is 0 Å². The number of nitrogens with one attached hydrogen (secondary N) is 1. The molecule has 4 heteroatoms. The van der Waals surface area contributed by atoms with Crippen molar-refractivity contribution in [2.45, 2.75) is 26.7 Å². The topological polar surface area (TPSA) is 51.5 Å². The molecule has 0 unspecified atom stereocenters. The van der Waals surface area contributed by atoms with Gasteiger partial charge in [0.1, 0.15) is 5.76 Å². The summed E-state index contributed by atoms with van der Waals surface area (Å²) in [4.78, 5) is 16.1. The number of hydrogen-bond acceptors (Lipinski definition) is 3. The van der Waals surface area contributed by atoms with Gasteiger partial charge in [-0.1, -0.05) is 13.8 Å². The number of carbonyl (C=O) groups is 1. The summed E-state index contributed by atoms with van der Waals surface area (Å²) in [7, 11) is 0. The maximum absolute atomic E-state index is 11.1. The minimum atomic E-state index is -0.0898. The molecule has 1 aromatic heterocycles. The van der Waals surface area contributed by atoms with Gasteiger partial charge >= 0.3 is 0 Å². The molecule has 0 bridgehead atoms. The highest BCUT2D eigenvalue weighted by atomic mass is 16.6. The van der Waals surface area contributed by atoms with E-state index in [0.717, 1.165) is 18.6 Å². The van der Waals surface area contributed by atoms with Gasteiger partial charge in [-0.25, -0.2) is 5.48 Å². The molecule has 0 saturated carbocycles. The number of aryl methyl sites for hydroxylation is 1. The Morgan fingerprint density at radius 2 is 2.40 bits per heavy atom. The minimum absolute atomic E-state index is 0.0462. The molecule has 0 aliphatic rings. The minimum Gasteiger partial charge on any atom is -0.469 e. The van der Waals surface area contributed by atoms with Crippen LogP contribution in [0.5, 0.6) is 0 Å². The Morgan fingerprint density at radius 3 is 3.00 bits per heavy atom. The Kier molecular flexibility index (Phi) is 4.90. The molecule has 0 saturated heterocycles. The summed E-state index contributed by atoms with van der Waals surface area (Å²) in [6.07, 6.45) is 3.30. The van der Waals surface area contributed by atoms with E-state index in [2.05, 4.69) is 5.48 Å². The van der Waals surface area contributed by atoms with Crippen LogP contribution >= 0.6 is 0 Å². The highest BCUT2D eigenvalue weighted by molar-refractivity contribution is 5.76. The summed E-state index contributed by atoms with van der Waals surface area (Å²) >= 11 is 0. The lowest BCUT2D eigenvalue weighted by Crippen LogP contribution is -2.28. The summed E-state index contributed by atoms with van der Waals surface area (Å²) in [5.41, 5.74) is 2.39. The van der Waals surface area contributed by atoms with E-state index in [1.54, 1.807) is 6.26 Å². The first-order chi connectivity index (χ1) is 7.20. The van der Waals surface area contributed by atoms with Crippen molar-refractivity contribution in [2.24, 2.45) is 5.92 Å². The number of rotatable bonds is 6. The molecule has 1 heterocycles. The van der Waals surface area contributed by atoms with Crippen LogP contribution in [0, 0.1) is 5.92 Å². The van der Waals surface area contributed by atoms with Crippen LogP contribution in [0.1, 0.15) is 26.0 Å². The standard InChI is InChI=1S/C11H17NO3/c1-9(2)11(13)12-15-8-4-6-10-5-3-7-14-10/h3,5,7,9H,4,6,8H2,1-2H3,(H,12,13). The molecule has 0 aliphatic heterocycles. The van der Waals surface area contributed by atoms with Crippen LogP contribution < -0.4 is 5.48 Å². The maximum atomic E-state index is 11.1. The lowest BCUT2D eigenvalue weighted by atomic mass is 10.2. The predicted molar refractivity (Wildman–Crippen MR) is 56.0 cm³/mol. The van der Waals surface area contributed by atoms with E-state index in [1.807, 2.05) is 26.0 Å². The van der Waals surface area contributed by atoms with Crippen molar-refractivity contribution >= 4 is 5.91 Å². The van der Waals surface area contributed by atoms with Gasteiger partial charge in [0.05, 0.1) is 12.9 Å². The highest BCUT2D eigenvalue weighted by Gasteiger charge is 2.05. The normalized spacial score (nSPS) is 10.6. The first-order valence-corrected chi connectivity index (χ1v) is 5.14. The zero-order chi connectivity index (χ0) is 11.1. The van der Waals surface area contributed by atoms with Gasteiger partial charge in [0.2, 0.25) is 5.91 Å². The van der Waals surface area contributed by atoms with Crippen molar-refractivity contribution in [3.05, 3.63) is 24.2 Å². The molecule has 1 aromatic rings. The van der Waals surface area contributed by atoms with Crippen LogP contribution in [0.15, 0.2) is 22.8 Å². The number of furan rings is 1. The third kappa shape index (κ3) is 4.65. The Labute approximate surface area is 89.6 Å². The fourth-order valence-corrected chi connectivity index (χ4v) is 1.01. The average molecular weight is 211 g/mol. The van der Waals surface area contributed by atoms with Crippen LogP contribution in [-0.2, 0) is 16.1 Å². The molecule has 1 N–H and O–H groups in total. The fraction of sp³-hybridized carbons (Fsp3) is 0.545. The molecule has 0 fully saturated rings. The second-order valence-corrected chi connectivity index (χ2v) is 3.65. The second-order valence-electron chi connectivity index (χ2n) is 3.65. The molecule has 0 aliphatic carbocycles. The van der Waals surface area contributed by atoms with Crippen LogP contribution in [-0.4, -0.2) is 12.5 Å². The Hall–Kier alpha value is -1.29. The largest absolute Gasteiger partial charge is 0.469 e. The SMILES string of the molecule is CC(C)C(=O)NOCCCc1ccco1. The van der Waals surface area contributed by atoms with E-state index in [1.165, 1.54) is 0 Å². The molecule has 0 atom stereocenters. The van der Waals surface area contributed by atoms with Crippen LogP contribution in [0.4, 0.5) is 0 Å². The molecule has 0 spiro atoms. The smallest absolute Gasteiger partial charge is 0.246 e. The summed E-state index contributed by atoms with van der Waals surface area (Å²) in [6.45, 7) is 4.14. The molecule has 1 amide bonds. The Morgan fingerprint density at radius 1 is 1.60 bits per heavy atom. The third-order valence-corrected chi connectivity index (χ3v) is 1.95. The molecular weight excluding hydrogens is 194 g/mol. The van der Waals surface area contributed by atoms with E-state index in [9.17, 15) is 4.79 Å². The van der Waals surface area contributed by atoms with E-state index in [4.69, 9.17) is 9.25 Å². The molecule has 4 nitrogen and oxygen atoms in total. The van der Waals surface area contributed by atoms with Crippen LogP contribution in [0.3, 0.4) is 0 Å². The lowest BCUT2D eigenvalue weighted by Gasteiger charge is -2.06. The van der Waals surface area contributed by atoms with E-state index in [-0.39, 0.29) is 11.8 Å². The zero-order valence-electron chi connectivity index (χ0n) is 9.16. The predicted octanol–water partition coefficient (Wildman–Crippen LogP) is 1.92. The number of hydrogen-bond donors (Lipinski definition) is 1. The van der Waals surface area contributed by atoms with Gasteiger partial charge in [-0.15, -0.1) is 0 Å². The van der Waals surface area contributed by atoms with Crippen LogP contribution in [0.25, 0.3) is 0 Å². The van der Waals surface area contributed by atoms with Crippen molar-refractivity contribution in [3.63, 3.8) is 0 Å². The average Bonchev–Trinajstić information content (AvgIpc) is 2.69. The van der Waals surface area contributed by atoms with Gasteiger partial charge < -0.3 is 4.42 Å². The maximum Gasteiger partial charge on any atom is 0.246 e. The van der Waals surface area contributed by atoms with Gasteiger partial charge in [-0.05, 0) is 18.6 Å². The van der Waals surface area contributed by atoms with Gasteiger partial charge in [-0.2, -0.15) is 0 Å². The van der Waals surface area contributed by atoms with Gasteiger partial charge in [0.15, 0.2) is 0 Å². The number of amides is 1. The third-order valence-electron chi connectivity index (χ3n) is 1.95. The Bertz CT molecular complexity index is 280. The van der Waals surface area contributed by atoms with Gasteiger partial charge in [-0.3, -0.25) is 9.63 Å². The molecule has 0 aromatic carbocycles. The molecule has 0 radical (unpaired) electrons. The summed E-state index contributed by atoms with van der Waals surface area (Å²) < 4.78 is 5.16. The van der Waals surface area contributed by atoms with Gasteiger partial charge in [0, 0.05) is 12.3 Å². The van der Waals surface area contributed by atoms with E-state index in [0.29, 0.717) is 6.61 Å².